The molecule has 0 spiro atoms. The average molecular weight is 303 g/mol. The highest BCUT2D eigenvalue weighted by atomic mass is 16.6. The van der Waals surface area contributed by atoms with Crippen LogP contribution in [0, 0.1) is 0 Å². The van der Waals surface area contributed by atoms with Crippen molar-refractivity contribution in [2.24, 2.45) is 0 Å². The maximum absolute atomic E-state index is 11.7. The van der Waals surface area contributed by atoms with Crippen molar-refractivity contribution in [3.63, 3.8) is 0 Å². The molecule has 1 aliphatic heterocycles. The molecular weight excluding hydrogens is 266 g/mol. The van der Waals surface area contributed by atoms with Gasteiger partial charge in [-0.25, -0.2) is 4.79 Å². The Balaban J connectivity index is 2.24. The van der Waals surface area contributed by atoms with Crippen molar-refractivity contribution in [2.75, 3.05) is 27.0 Å². The Bertz CT molecular complexity index is 1240. The summed E-state index contributed by atoms with van der Waals surface area (Å²) in [6, 6.07) is -3.68. The number of benzene rings is 1. The molecule has 0 bridgehead atoms. The van der Waals surface area contributed by atoms with Gasteiger partial charge in [-0.3, -0.25) is 0 Å². The smallest absolute Gasteiger partial charge is 0.407 e. The van der Waals surface area contributed by atoms with E-state index in [0.29, 0.717) is 4.98 Å². The van der Waals surface area contributed by atoms with Crippen LogP contribution in [0.2, 0.25) is 2.82 Å². The van der Waals surface area contributed by atoms with Crippen LogP contribution in [0.4, 0.5) is 4.79 Å². The van der Waals surface area contributed by atoms with Crippen molar-refractivity contribution >= 4 is 17.0 Å². The molecule has 0 radical (unpaired) electrons. The van der Waals surface area contributed by atoms with Crippen molar-refractivity contribution < 1.29 is 31.5 Å². The SMILES string of the molecule is [2H]c1c(C[C@@H]2N([2H])C(=O)OC2([2H])[2H])c([2H])c2c(CC([2H])([2H])N(C([2H])([2H])[2H])C([2H])([2H])[2H])c([2H])n([2H])c2c1[2H]. The summed E-state index contributed by atoms with van der Waals surface area (Å²) in [6.07, 6.45) is -3.88. The average Bonchev–Trinajstić information content (AvgIpc) is 3.04. The number of rotatable bonds is 5. The van der Waals surface area contributed by atoms with Gasteiger partial charge < -0.3 is 19.9 Å². The third-order valence-electron chi connectivity index (χ3n) is 2.80. The van der Waals surface area contributed by atoms with Crippen molar-refractivity contribution in [2.45, 2.75) is 18.9 Å². The molecule has 1 fully saturated rings. The number of H-pyrrole nitrogens is 1. The van der Waals surface area contributed by atoms with Crippen LogP contribution in [0.25, 0.3) is 10.9 Å². The number of likely N-dealkylation sites (N-methyl/N-ethyl adjacent to an activating group) is 1. The summed E-state index contributed by atoms with van der Waals surface area (Å²) < 4.78 is 131. The van der Waals surface area contributed by atoms with E-state index in [2.05, 4.69) is 4.74 Å². The summed E-state index contributed by atoms with van der Waals surface area (Å²) in [4.78, 5) is 11.7. The molecule has 1 atom stereocenters. The monoisotopic (exact) mass is 303 g/mol. The molecule has 2 heterocycles. The molecule has 0 saturated carbocycles. The number of aromatic nitrogens is 1. The number of nitrogens with zero attached hydrogens (tertiary/aromatic N) is 1. The Morgan fingerprint density at radius 2 is 2.57 bits per heavy atom. The number of hydrogen-bond donors (Lipinski definition) is 2. The van der Waals surface area contributed by atoms with E-state index in [-0.39, 0.29) is 15.8 Å². The fraction of sp³-hybridized carbons (Fsp3) is 0.438. The Labute approximate surface area is 146 Å². The molecule has 0 unspecified atom stereocenters. The Kier molecular flexibility index (Phi) is 1.23. The lowest BCUT2D eigenvalue weighted by molar-refractivity contribution is 0.177. The quantitative estimate of drug-likeness (QED) is 0.887. The first-order chi connectivity index (χ1) is 16.5. The molecular formula is C16H21N3O2. The fourth-order valence-corrected chi connectivity index (χ4v) is 1.89. The number of ether oxygens (including phenoxy) is 1. The van der Waals surface area contributed by atoms with Gasteiger partial charge in [-0.05, 0) is 50.0 Å². The van der Waals surface area contributed by atoms with Gasteiger partial charge in [0.25, 0.3) is 0 Å². The minimum Gasteiger partial charge on any atom is -0.447 e. The molecule has 112 valence electrons. The summed E-state index contributed by atoms with van der Waals surface area (Å²) in [5.41, 5.74) is -1.34. The van der Waals surface area contributed by atoms with E-state index in [1.165, 1.54) is 0 Å². The molecule has 1 aromatic carbocycles. The van der Waals surface area contributed by atoms with Gasteiger partial charge in [0.2, 0.25) is 0 Å². The predicted octanol–water partition coefficient (Wildman–Crippen LogP) is 1.92. The highest BCUT2D eigenvalue weighted by Gasteiger charge is 2.22. The molecule has 1 aliphatic rings. The standard InChI is InChI=1S/C16H21N3O2/c1-19(2)6-5-12-9-17-15-4-3-11(8-14(12)15)7-13-10-21-16(20)18-13/h3-4,8-9,13,17H,5-7,10H2,1-2H3,(H,18,20)/t13-/m0/s1/i1D3,2D3,3D,4D,6D2,8D,9D,10D2/hD2. The largest absolute Gasteiger partial charge is 0.447 e. The van der Waals surface area contributed by atoms with E-state index in [0.717, 1.165) is 0 Å². The van der Waals surface area contributed by atoms with Gasteiger partial charge >= 0.3 is 6.09 Å². The highest BCUT2D eigenvalue weighted by molar-refractivity contribution is 5.84. The van der Waals surface area contributed by atoms with Crippen molar-refractivity contribution in [3.05, 3.63) is 35.4 Å². The zero-order valence-corrected chi connectivity index (χ0v) is 10.6. The number of carbonyl (C=O) groups is 1. The summed E-state index contributed by atoms with van der Waals surface area (Å²) in [5, 5.41) is -0.249. The van der Waals surface area contributed by atoms with E-state index in [9.17, 15) is 4.79 Å². The maximum Gasteiger partial charge on any atom is 0.407 e. The van der Waals surface area contributed by atoms with Gasteiger partial charge in [-0.1, -0.05) is 6.04 Å². The lowest BCUT2D eigenvalue weighted by Gasteiger charge is -2.09. The predicted molar refractivity (Wildman–Crippen MR) is 82.5 cm³/mol. The number of aryl methyl sites for hydroxylation is 1. The maximum atomic E-state index is 11.7. The minimum absolute atomic E-state index is 0.169. The lowest BCUT2D eigenvalue weighted by Crippen LogP contribution is -2.28. The third kappa shape index (κ3) is 3.19. The molecule has 3 rings (SSSR count). The van der Waals surface area contributed by atoms with Crippen LogP contribution in [0.15, 0.2) is 24.3 Å². The van der Waals surface area contributed by atoms with Crippen molar-refractivity contribution in [1.29, 1.82) is 0 Å². The molecule has 0 aliphatic carbocycles. The number of nitrogens with one attached hydrogen (secondary N) is 2. The summed E-state index contributed by atoms with van der Waals surface area (Å²) in [7, 11) is 0. The van der Waals surface area contributed by atoms with Gasteiger partial charge in [0.05, 0.1) is 14.3 Å². The number of amides is 1. The van der Waals surface area contributed by atoms with Crippen LogP contribution in [-0.4, -0.2) is 49.0 Å². The third-order valence-corrected chi connectivity index (χ3v) is 2.80. The number of fused-ring (bicyclic) bond motifs is 1. The highest BCUT2D eigenvalue weighted by Crippen LogP contribution is 2.21. The van der Waals surface area contributed by atoms with E-state index >= 15 is 0 Å². The van der Waals surface area contributed by atoms with Crippen molar-refractivity contribution in [3.8, 4) is 0 Å². The lowest BCUT2D eigenvalue weighted by atomic mass is 10.0. The number of aromatic amines is 1. The fourth-order valence-electron chi connectivity index (χ4n) is 1.89. The molecule has 2 aromatic rings. The van der Waals surface area contributed by atoms with Crippen LogP contribution >= 0.6 is 0 Å². The van der Waals surface area contributed by atoms with E-state index in [1.807, 2.05) is 0 Å². The van der Waals surface area contributed by atoms with Crippen molar-refractivity contribution in [1.82, 2.24) is 15.2 Å². The number of hydrogen-bond acceptors (Lipinski definition) is 3. The molecule has 2 N–H and O–H groups in total. The summed E-state index contributed by atoms with van der Waals surface area (Å²) >= 11 is 0. The number of alkyl carbamates (subject to hydrolysis) is 1. The molecule has 21 heavy (non-hydrogen) atoms. The second kappa shape index (κ2) is 5.77. The van der Waals surface area contributed by atoms with Crippen LogP contribution in [0.3, 0.4) is 0 Å². The Morgan fingerprint density at radius 1 is 1.67 bits per heavy atom. The molecule has 1 saturated heterocycles. The summed E-state index contributed by atoms with van der Waals surface area (Å²) in [6.45, 7) is -12.8. The van der Waals surface area contributed by atoms with E-state index in [4.69, 9.17) is 22.0 Å². The molecule has 5 heteroatoms. The van der Waals surface area contributed by atoms with E-state index in [1.54, 1.807) is 0 Å². The Hall–Kier alpha value is -2.01. The number of cyclic esters (lactones) is 1. The molecule has 5 nitrogen and oxygen atoms in total. The first-order valence-corrected chi connectivity index (χ1v) is 5.97. The van der Waals surface area contributed by atoms with Gasteiger partial charge in [0.15, 0.2) is 2.82 Å². The second-order valence-electron chi connectivity index (χ2n) is 4.28. The first kappa shape index (κ1) is 4.49. The van der Waals surface area contributed by atoms with Gasteiger partial charge in [0.1, 0.15) is 6.56 Å². The second-order valence-corrected chi connectivity index (χ2v) is 4.28. The molecule has 1 aromatic heterocycles. The van der Waals surface area contributed by atoms with Crippen LogP contribution < -0.4 is 5.31 Å². The Morgan fingerprint density at radius 3 is 3.33 bits per heavy atom. The first-order valence-electron chi connectivity index (χ1n) is 13.9. The van der Waals surface area contributed by atoms with Gasteiger partial charge in [0, 0.05) is 34.5 Å². The van der Waals surface area contributed by atoms with Crippen LogP contribution in [-0.2, 0) is 17.6 Å². The van der Waals surface area contributed by atoms with E-state index < -0.39 is 92.8 Å². The zero-order chi connectivity index (χ0) is 28.6. The zero-order valence-electron chi connectivity index (χ0n) is 26.6. The van der Waals surface area contributed by atoms with Crippen LogP contribution in [0.1, 0.15) is 30.3 Å². The number of carbonyl (C=O) groups excluding carboxylic acids is 1. The van der Waals surface area contributed by atoms with Crippen LogP contribution in [0.5, 0.6) is 0 Å². The minimum atomic E-state index is -3.45. The normalized spacial score (nSPS) is 34.0. The molecule has 1 amide bonds. The topological polar surface area (TPSA) is 57.4 Å². The summed E-state index contributed by atoms with van der Waals surface area (Å²) in [5.74, 6) is 0. The van der Waals surface area contributed by atoms with Gasteiger partial charge in [-0.2, -0.15) is 0 Å². The van der Waals surface area contributed by atoms with Gasteiger partial charge in [-0.15, -0.1) is 0 Å².